The highest BCUT2D eigenvalue weighted by Gasteiger charge is 2.48. The number of hydrogen-bond donors (Lipinski definition) is 0. The molecule has 2 heterocycles. The van der Waals surface area contributed by atoms with Crippen LogP contribution in [0, 0.1) is 23.7 Å². The molecule has 0 saturated carbocycles. The fraction of sp³-hybridized carbons (Fsp3) is 1.00. The first kappa shape index (κ1) is 23.9. The van der Waals surface area contributed by atoms with E-state index in [0.717, 1.165) is 6.42 Å². The molecule has 0 spiro atoms. The first-order valence-corrected chi connectivity index (χ1v) is 11.1. The molecule has 2 aliphatic heterocycles. The first-order valence-electron chi connectivity index (χ1n) is 11.1. The van der Waals surface area contributed by atoms with Gasteiger partial charge in [-0.15, -0.1) is 0 Å². The summed E-state index contributed by atoms with van der Waals surface area (Å²) in [5, 5.41) is 0. The summed E-state index contributed by atoms with van der Waals surface area (Å²) in [6.07, 6.45) is 2.30. The molecular formula is C22H40F4N2. The normalized spacial score (nSPS) is 31.3. The van der Waals surface area contributed by atoms with Crippen LogP contribution in [-0.2, 0) is 0 Å². The number of nitrogens with zero attached hydrogens (tertiary/aromatic N) is 2. The van der Waals surface area contributed by atoms with E-state index >= 15 is 0 Å². The van der Waals surface area contributed by atoms with Gasteiger partial charge in [0.1, 0.15) is 0 Å². The molecule has 28 heavy (non-hydrogen) atoms. The van der Waals surface area contributed by atoms with Gasteiger partial charge < -0.3 is 0 Å². The Morgan fingerprint density at radius 3 is 2.04 bits per heavy atom. The Bertz CT molecular complexity index is 451. The second-order valence-electron chi connectivity index (χ2n) is 9.98. The van der Waals surface area contributed by atoms with E-state index < -0.39 is 17.9 Å². The van der Waals surface area contributed by atoms with Gasteiger partial charge in [-0.05, 0) is 70.8 Å². The maximum Gasteiger partial charge on any atom is 0.305 e. The summed E-state index contributed by atoms with van der Waals surface area (Å²) in [4.78, 5) is 3.16. The highest BCUT2D eigenvalue weighted by Crippen LogP contribution is 2.42. The smallest absolute Gasteiger partial charge is 0.295 e. The van der Waals surface area contributed by atoms with Crippen molar-refractivity contribution in [1.82, 2.24) is 9.80 Å². The lowest BCUT2D eigenvalue weighted by Crippen LogP contribution is -2.53. The molecule has 0 aliphatic carbocycles. The molecule has 2 aliphatic rings. The fourth-order valence-electron chi connectivity index (χ4n) is 5.10. The van der Waals surface area contributed by atoms with E-state index in [1.807, 2.05) is 46.4 Å². The Kier molecular flexibility index (Phi) is 7.85. The molecule has 2 fully saturated rings. The van der Waals surface area contributed by atoms with Crippen molar-refractivity contribution in [3.8, 4) is 0 Å². The number of alkyl halides is 4. The molecule has 0 aromatic rings. The van der Waals surface area contributed by atoms with E-state index in [1.54, 1.807) is 0 Å². The second-order valence-corrected chi connectivity index (χ2v) is 9.98. The van der Waals surface area contributed by atoms with Crippen molar-refractivity contribution in [2.24, 2.45) is 23.7 Å². The van der Waals surface area contributed by atoms with Crippen LogP contribution in [0.4, 0.5) is 17.6 Å². The summed E-state index contributed by atoms with van der Waals surface area (Å²) in [5.41, 5.74) is 0. The van der Waals surface area contributed by atoms with E-state index in [0.29, 0.717) is 32.4 Å². The van der Waals surface area contributed by atoms with E-state index in [2.05, 4.69) is 0 Å². The van der Waals surface area contributed by atoms with Gasteiger partial charge in [0, 0.05) is 31.0 Å². The maximum atomic E-state index is 14.7. The minimum Gasteiger partial charge on any atom is -0.295 e. The van der Waals surface area contributed by atoms with Crippen molar-refractivity contribution in [2.75, 3.05) is 19.6 Å². The van der Waals surface area contributed by atoms with E-state index in [-0.39, 0.29) is 42.8 Å². The van der Waals surface area contributed by atoms with Crippen molar-refractivity contribution < 1.29 is 17.6 Å². The number of likely N-dealkylation sites (tertiary alicyclic amines) is 2. The van der Waals surface area contributed by atoms with Crippen LogP contribution < -0.4 is 0 Å². The number of halogens is 4. The molecule has 4 unspecified atom stereocenters. The molecule has 0 aromatic carbocycles. The van der Waals surface area contributed by atoms with Crippen molar-refractivity contribution in [3.63, 3.8) is 0 Å². The Balaban J connectivity index is 1.89. The SMILES string of the molecule is CC(C)C1CCN(C(C)CCC(C)C2CCN(C(C)C)CC2(F)F)C(F)(F)C1. The Morgan fingerprint density at radius 2 is 1.54 bits per heavy atom. The average molecular weight is 409 g/mol. The van der Waals surface area contributed by atoms with Gasteiger partial charge >= 0.3 is 6.05 Å². The van der Waals surface area contributed by atoms with Gasteiger partial charge in [-0.1, -0.05) is 20.8 Å². The molecular weight excluding hydrogens is 368 g/mol. The van der Waals surface area contributed by atoms with Crippen LogP contribution in [0.25, 0.3) is 0 Å². The van der Waals surface area contributed by atoms with Crippen molar-refractivity contribution in [3.05, 3.63) is 0 Å². The van der Waals surface area contributed by atoms with Crippen LogP contribution in [0.2, 0.25) is 0 Å². The fourth-order valence-corrected chi connectivity index (χ4v) is 5.10. The zero-order valence-corrected chi connectivity index (χ0v) is 18.5. The van der Waals surface area contributed by atoms with Gasteiger partial charge in [0.15, 0.2) is 0 Å². The topological polar surface area (TPSA) is 6.48 Å². The van der Waals surface area contributed by atoms with E-state index in [4.69, 9.17) is 0 Å². The van der Waals surface area contributed by atoms with Crippen molar-refractivity contribution in [2.45, 2.75) is 97.7 Å². The summed E-state index contributed by atoms with van der Waals surface area (Å²) in [6, 6.07) is -2.95. The molecule has 2 saturated heterocycles. The van der Waals surface area contributed by atoms with Crippen LogP contribution in [-0.4, -0.2) is 53.5 Å². The molecule has 6 heteroatoms. The molecule has 0 aromatic heterocycles. The van der Waals surface area contributed by atoms with Crippen LogP contribution in [0.15, 0.2) is 0 Å². The largest absolute Gasteiger partial charge is 0.305 e. The summed E-state index contributed by atoms with van der Waals surface area (Å²) in [7, 11) is 0. The van der Waals surface area contributed by atoms with Gasteiger partial charge in [-0.2, -0.15) is 8.78 Å². The quantitative estimate of drug-likeness (QED) is 0.370. The standard InChI is InChI=1S/C22H40F4N2/c1-15(2)19-9-12-28(22(25,26)13-19)18(6)8-7-17(5)20-10-11-27(16(3)4)14-21(20,23)24/h15-20H,7-14H2,1-6H3. The van der Waals surface area contributed by atoms with Gasteiger partial charge in [0.25, 0.3) is 5.92 Å². The van der Waals surface area contributed by atoms with E-state index in [1.165, 1.54) is 4.90 Å². The average Bonchev–Trinajstić information content (AvgIpc) is 2.57. The Labute approximate surface area is 169 Å². The molecule has 0 N–H and O–H groups in total. The molecule has 4 atom stereocenters. The summed E-state index contributed by atoms with van der Waals surface area (Å²) in [6.45, 7) is 12.5. The zero-order chi connectivity index (χ0) is 21.3. The van der Waals surface area contributed by atoms with Crippen molar-refractivity contribution in [1.29, 1.82) is 0 Å². The second kappa shape index (κ2) is 9.20. The van der Waals surface area contributed by atoms with E-state index in [9.17, 15) is 17.6 Å². The Hall–Kier alpha value is -0.360. The Morgan fingerprint density at radius 1 is 0.893 bits per heavy atom. The van der Waals surface area contributed by atoms with Gasteiger partial charge in [0.2, 0.25) is 0 Å². The predicted octanol–water partition coefficient (Wildman–Crippen LogP) is 6.12. The minimum atomic E-state index is -2.79. The first-order chi connectivity index (χ1) is 12.8. The minimum absolute atomic E-state index is 0.0576. The third-order valence-electron chi connectivity index (χ3n) is 7.28. The third-order valence-corrected chi connectivity index (χ3v) is 7.28. The molecule has 2 rings (SSSR count). The van der Waals surface area contributed by atoms with Crippen LogP contribution >= 0.6 is 0 Å². The highest BCUT2D eigenvalue weighted by molar-refractivity contribution is 4.91. The maximum absolute atomic E-state index is 14.7. The molecule has 0 bridgehead atoms. The predicted molar refractivity (Wildman–Crippen MR) is 107 cm³/mol. The lowest BCUT2D eigenvalue weighted by molar-refractivity contribution is -0.200. The van der Waals surface area contributed by atoms with Gasteiger partial charge in [-0.25, -0.2) is 13.7 Å². The van der Waals surface area contributed by atoms with Gasteiger partial charge in [-0.3, -0.25) is 4.90 Å². The molecule has 0 radical (unpaired) electrons. The number of rotatable bonds is 7. The number of hydrogen-bond acceptors (Lipinski definition) is 2. The summed E-state index contributed by atoms with van der Waals surface area (Å²) >= 11 is 0. The van der Waals surface area contributed by atoms with Crippen molar-refractivity contribution >= 4 is 0 Å². The number of piperidine rings is 2. The van der Waals surface area contributed by atoms with Crippen LogP contribution in [0.1, 0.15) is 73.6 Å². The molecule has 0 amide bonds. The van der Waals surface area contributed by atoms with Gasteiger partial charge in [0.05, 0.1) is 6.54 Å². The third kappa shape index (κ3) is 5.62. The molecule has 166 valence electrons. The molecule has 2 nitrogen and oxygen atoms in total. The highest BCUT2D eigenvalue weighted by atomic mass is 19.3. The lowest BCUT2D eigenvalue weighted by Gasteiger charge is -2.44. The zero-order valence-electron chi connectivity index (χ0n) is 18.5. The van der Waals surface area contributed by atoms with Crippen LogP contribution in [0.3, 0.4) is 0 Å². The lowest BCUT2D eigenvalue weighted by atomic mass is 9.79. The monoisotopic (exact) mass is 408 g/mol. The summed E-state index contributed by atoms with van der Waals surface area (Å²) in [5.74, 6) is -3.19. The van der Waals surface area contributed by atoms with Crippen LogP contribution in [0.5, 0.6) is 0 Å². The summed E-state index contributed by atoms with van der Waals surface area (Å²) < 4.78 is 58.7.